The minimum absolute atomic E-state index is 0.0132. The van der Waals surface area contributed by atoms with Crippen LogP contribution in [0.2, 0.25) is 0 Å². The van der Waals surface area contributed by atoms with Crippen LogP contribution in [-0.4, -0.2) is 90.1 Å². The summed E-state index contributed by atoms with van der Waals surface area (Å²) in [5.41, 5.74) is -3.81. The third kappa shape index (κ3) is 12.3. The molecule has 4 N–H and O–H groups in total. The quantitative estimate of drug-likeness (QED) is 0.0869. The van der Waals surface area contributed by atoms with E-state index in [-0.39, 0.29) is 29.6 Å². The molecule has 1 aliphatic rings. The first kappa shape index (κ1) is 38.6. The number of aromatic nitrogens is 4. The summed E-state index contributed by atoms with van der Waals surface area (Å²) < 4.78 is 15.9. The highest BCUT2D eigenvalue weighted by Gasteiger charge is 2.42. The molecule has 0 unspecified atom stereocenters. The van der Waals surface area contributed by atoms with Gasteiger partial charge in [0.05, 0.1) is 25.3 Å². The van der Waals surface area contributed by atoms with Crippen molar-refractivity contribution >= 4 is 52.2 Å². The van der Waals surface area contributed by atoms with Crippen LogP contribution in [-0.2, 0) is 46.5 Å². The van der Waals surface area contributed by atoms with E-state index in [0.29, 0.717) is 5.69 Å². The minimum atomic E-state index is -1.62. The van der Waals surface area contributed by atoms with Gasteiger partial charge in [0.2, 0.25) is 11.5 Å². The number of thiazole rings is 1. The van der Waals surface area contributed by atoms with Crippen LogP contribution in [0.15, 0.2) is 16.7 Å². The molecule has 270 valence electrons. The number of nitrogens with zero attached hydrogens (tertiary/aromatic N) is 5. The van der Waals surface area contributed by atoms with E-state index in [1.165, 1.54) is 30.2 Å². The van der Waals surface area contributed by atoms with E-state index in [9.17, 15) is 24.0 Å². The van der Waals surface area contributed by atoms with Gasteiger partial charge in [0.1, 0.15) is 34.2 Å². The summed E-state index contributed by atoms with van der Waals surface area (Å²) in [7, 11) is 0. The first-order valence-electron chi connectivity index (χ1n) is 15.3. The topological polar surface area (TPSA) is 226 Å². The van der Waals surface area contributed by atoms with Gasteiger partial charge in [-0.2, -0.15) is 15.0 Å². The highest BCUT2D eigenvalue weighted by Crippen LogP contribution is 2.21. The lowest BCUT2D eigenvalue weighted by Crippen LogP contribution is -2.70. The molecule has 4 amide bonds. The van der Waals surface area contributed by atoms with Crippen LogP contribution >= 0.6 is 11.3 Å². The van der Waals surface area contributed by atoms with Crippen molar-refractivity contribution in [1.29, 1.82) is 0 Å². The van der Waals surface area contributed by atoms with Gasteiger partial charge in [-0.25, -0.2) is 19.4 Å². The molecule has 49 heavy (non-hydrogen) atoms. The highest BCUT2D eigenvalue weighted by molar-refractivity contribution is 7.14. The van der Waals surface area contributed by atoms with Gasteiger partial charge < -0.3 is 35.0 Å². The molecule has 0 aromatic carbocycles. The number of rotatable bonds is 11. The Balaban J connectivity index is 1.76. The van der Waals surface area contributed by atoms with Crippen molar-refractivity contribution in [3.05, 3.63) is 23.0 Å². The van der Waals surface area contributed by atoms with Gasteiger partial charge in [-0.05, 0) is 76.2 Å². The first-order chi connectivity index (χ1) is 22.4. The third-order valence-electron chi connectivity index (χ3n) is 5.88. The Hall–Kier alpha value is -4.81. The second kappa shape index (κ2) is 14.8. The van der Waals surface area contributed by atoms with Crippen LogP contribution in [0, 0.1) is 0 Å². The molecule has 1 fully saturated rings. The monoisotopic (exact) mass is 707 g/mol. The predicted octanol–water partition coefficient (Wildman–Crippen LogP) is 2.63. The number of alkyl carbamates (subject to hydrolysis) is 1. The lowest BCUT2D eigenvalue weighted by atomic mass is 9.98. The number of esters is 1. The van der Waals surface area contributed by atoms with Crippen molar-refractivity contribution in [2.45, 2.75) is 124 Å². The largest absolute Gasteiger partial charge is 0.457 e. The fraction of sp³-hybridized carbons (Fsp3) is 0.633. The average molecular weight is 708 g/mol. The van der Waals surface area contributed by atoms with Gasteiger partial charge in [-0.1, -0.05) is 5.16 Å². The maximum absolute atomic E-state index is 13.6. The molecule has 2 aromatic rings. The Morgan fingerprint density at radius 1 is 0.939 bits per heavy atom. The van der Waals surface area contributed by atoms with Gasteiger partial charge in [-0.15, -0.1) is 11.3 Å². The van der Waals surface area contributed by atoms with E-state index in [4.69, 9.17) is 19.0 Å². The van der Waals surface area contributed by atoms with Gasteiger partial charge in [0.25, 0.3) is 5.91 Å². The lowest BCUT2D eigenvalue weighted by molar-refractivity contribution is -0.179. The molecule has 19 heteroatoms. The van der Waals surface area contributed by atoms with Crippen LogP contribution in [0.25, 0.3) is 0 Å². The SMILES string of the molecule is CC(C)(C)OC(=O)NCc1cnn(C[C@H]2NC(=O)[C@H]2NC(=O)/C(=N\OC(C)(C)C(=O)OC(C)(C)C)c2csc(NC(=O)OC(C)(C)C)n2)n1. The molecular weight excluding hydrogens is 662 g/mol. The normalized spacial score (nSPS) is 16.9. The smallest absolute Gasteiger partial charge is 0.413 e. The minimum Gasteiger partial charge on any atom is -0.457 e. The molecule has 0 bridgehead atoms. The van der Waals surface area contributed by atoms with Gasteiger partial charge in [0, 0.05) is 5.38 Å². The molecule has 2 atom stereocenters. The third-order valence-corrected chi connectivity index (χ3v) is 6.64. The first-order valence-corrected chi connectivity index (χ1v) is 16.2. The Morgan fingerprint density at radius 2 is 1.55 bits per heavy atom. The van der Waals surface area contributed by atoms with Crippen LogP contribution in [0.5, 0.6) is 0 Å². The van der Waals surface area contributed by atoms with Gasteiger partial charge in [0.15, 0.2) is 10.8 Å². The number of ether oxygens (including phenoxy) is 3. The molecule has 0 radical (unpaired) electrons. The Kier molecular flexibility index (Phi) is 11.6. The molecule has 0 saturated carbocycles. The summed E-state index contributed by atoms with van der Waals surface area (Å²) in [5.74, 6) is -2.06. The van der Waals surface area contributed by atoms with Crippen LogP contribution in [0.3, 0.4) is 0 Å². The molecular formula is C30H45N9O9S. The Labute approximate surface area is 288 Å². The zero-order valence-electron chi connectivity index (χ0n) is 29.5. The number of hydrogen-bond acceptors (Lipinski definition) is 14. The van der Waals surface area contributed by atoms with E-state index < -0.39 is 64.5 Å². The molecule has 18 nitrogen and oxygen atoms in total. The van der Waals surface area contributed by atoms with Crippen molar-refractivity contribution in [2.75, 3.05) is 5.32 Å². The van der Waals surface area contributed by atoms with E-state index in [1.807, 2.05) is 0 Å². The average Bonchev–Trinajstić information content (AvgIpc) is 3.57. The van der Waals surface area contributed by atoms with E-state index in [2.05, 4.69) is 41.6 Å². The number of carbonyl (C=O) groups excluding carboxylic acids is 5. The number of nitrogens with one attached hydrogen (secondary N) is 4. The molecule has 1 aliphatic heterocycles. The molecule has 0 aliphatic carbocycles. The number of amides is 4. The number of hydrogen-bond donors (Lipinski definition) is 4. The van der Waals surface area contributed by atoms with Crippen molar-refractivity contribution in [1.82, 2.24) is 35.9 Å². The summed E-state index contributed by atoms with van der Waals surface area (Å²) in [5, 5.41) is 24.4. The zero-order valence-corrected chi connectivity index (χ0v) is 30.4. The Bertz CT molecular complexity index is 1580. The van der Waals surface area contributed by atoms with Gasteiger partial charge in [-0.3, -0.25) is 14.9 Å². The summed E-state index contributed by atoms with van der Waals surface area (Å²) in [6.07, 6.45) is 0.0778. The van der Waals surface area contributed by atoms with Gasteiger partial charge >= 0.3 is 18.2 Å². The van der Waals surface area contributed by atoms with Crippen LogP contribution < -0.4 is 21.3 Å². The molecule has 3 rings (SSSR count). The van der Waals surface area contributed by atoms with Crippen molar-refractivity contribution in [3.63, 3.8) is 0 Å². The van der Waals surface area contributed by atoms with Crippen LogP contribution in [0.4, 0.5) is 14.7 Å². The van der Waals surface area contributed by atoms with Crippen molar-refractivity contribution in [2.24, 2.45) is 5.16 Å². The standard InChI is InChI=1S/C30H45N9O9S/c1-27(2,3)45-23(42)30(10,11)48-38-20(18-15-49-24(34-18)36-26(44)47-29(7,8)9)22(41)35-19-17(33-21(19)40)14-39-32-13-16(37-39)12-31-25(43)46-28(4,5)6/h13,15,17,19H,12,14H2,1-11H3,(H,31,43)(H,33,40)(H,35,41)(H,34,36,44)/b38-20-/t17-,19+/m1/s1. The number of β-lactam (4-membered cyclic amide) rings is 1. The number of oxime groups is 1. The highest BCUT2D eigenvalue weighted by atomic mass is 32.1. The molecule has 2 aromatic heterocycles. The molecule has 3 heterocycles. The predicted molar refractivity (Wildman–Crippen MR) is 176 cm³/mol. The second-order valence-corrected chi connectivity index (χ2v) is 15.4. The maximum atomic E-state index is 13.6. The summed E-state index contributed by atoms with van der Waals surface area (Å²) >= 11 is 0.985. The maximum Gasteiger partial charge on any atom is 0.413 e. The van der Waals surface area contributed by atoms with Crippen molar-refractivity contribution in [3.8, 4) is 0 Å². The summed E-state index contributed by atoms with van der Waals surface area (Å²) in [4.78, 5) is 74.3. The van der Waals surface area contributed by atoms with Crippen molar-refractivity contribution < 1.29 is 43.0 Å². The van der Waals surface area contributed by atoms with E-state index in [1.54, 1.807) is 62.3 Å². The summed E-state index contributed by atoms with van der Waals surface area (Å²) in [6.45, 7) is 18.4. The second-order valence-electron chi connectivity index (χ2n) is 14.5. The lowest BCUT2D eigenvalue weighted by Gasteiger charge is -2.36. The number of anilines is 1. The molecule has 0 spiro atoms. The number of carbonyl (C=O) groups is 5. The van der Waals surface area contributed by atoms with E-state index >= 15 is 0 Å². The fourth-order valence-corrected chi connectivity index (χ4v) is 4.44. The van der Waals surface area contributed by atoms with Crippen LogP contribution in [0.1, 0.15) is 87.5 Å². The Morgan fingerprint density at radius 3 is 2.14 bits per heavy atom. The summed E-state index contributed by atoms with van der Waals surface area (Å²) in [6, 6.07) is -1.64. The fourth-order valence-electron chi connectivity index (χ4n) is 3.76. The molecule has 1 saturated heterocycles. The zero-order chi connectivity index (χ0) is 36.9. The van der Waals surface area contributed by atoms with E-state index in [0.717, 1.165) is 11.3 Å².